The van der Waals surface area contributed by atoms with E-state index in [0.29, 0.717) is 37.0 Å². The molecule has 0 unspecified atom stereocenters. The first kappa shape index (κ1) is 21.1. The number of rotatable bonds is 6. The Morgan fingerprint density at radius 3 is 2.68 bits per heavy atom. The van der Waals surface area contributed by atoms with Crippen molar-refractivity contribution in [1.29, 1.82) is 5.26 Å². The lowest BCUT2D eigenvalue weighted by Gasteiger charge is -2.26. The van der Waals surface area contributed by atoms with E-state index in [-0.39, 0.29) is 10.6 Å². The number of aromatic nitrogens is 1. The number of hydrogen-bond acceptors (Lipinski definition) is 8. The van der Waals surface area contributed by atoms with Gasteiger partial charge in [0.15, 0.2) is 10.7 Å². The van der Waals surface area contributed by atoms with Gasteiger partial charge >= 0.3 is 0 Å². The Balaban J connectivity index is 1.53. The van der Waals surface area contributed by atoms with Gasteiger partial charge in [0.2, 0.25) is 10.0 Å². The molecule has 0 saturated carbocycles. The number of ether oxygens (including phenoxy) is 1. The van der Waals surface area contributed by atoms with Gasteiger partial charge in [0.05, 0.1) is 29.5 Å². The number of thiazole rings is 1. The van der Waals surface area contributed by atoms with Gasteiger partial charge in [-0.05, 0) is 18.2 Å². The van der Waals surface area contributed by atoms with Crippen LogP contribution in [-0.2, 0) is 14.8 Å². The summed E-state index contributed by atoms with van der Waals surface area (Å²) < 4.78 is 32.3. The number of nitriles is 1. The first-order chi connectivity index (χ1) is 15.1. The van der Waals surface area contributed by atoms with Crippen LogP contribution in [-0.4, -0.2) is 49.7 Å². The number of hydrogen-bond donors (Lipinski definition) is 1. The predicted octanol–water partition coefficient (Wildman–Crippen LogP) is 3.17. The third kappa shape index (κ3) is 4.81. The summed E-state index contributed by atoms with van der Waals surface area (Å²) >= 11 is 1.32. The van der Waals surface area contributed by atoms with E-state index in [0.717, 1.165) is 11.3 Å². The highest BCUT2D eigenvalue weighted by Gasteiger charge is 2.26. The van der Waals surface area contributed by atoms with Crippen LogP contribution in [0.1, 0.15) is 5.01 Å². The quantitative estimate of drug-likeness (QED) is 0.454. The number of hydrazone groups is 1. The van der Waals surface area contributed by atoms with E-state index < -0.39 is 10.0 Å². The molecule has 3 aromatic rings. The number of nitrogens with one attached hydrogen (secondary N) is 1. The van der Waals surface area contributed by atoms with Gasteiger partial charge in [0.1, 0.15) is 6.07 Å². The Labute approximate surface area is 184 Å². The van der Waals surface area contributed by atoms with Crippen LogP contribution >= 0.6 is 11.3 Å². The van der Waals surface area contributed by atoms with Crippen LogP contribution in [0.5, 0.6) is 0 Å². The van der Waals surface area contributed by atoms with Crippen molar-refractivity contribution in [3.8, 4) is 17.3 Å². The minimum absolute atomic E-state index is 0.119. The lowest BCUT2D eigenvalue weighted by atomic mass is 10.2. The smallest absolute Gasteiger partial charge is 0.243 e. The number of anilines is 1. The molecule has 1 fully saturated rings. The molecular formula is C21H19N5O3S2. The average Bonchev–Trinajstić information content (AvgIpc) is 3.31. The second-order valence-electron chi connectivity index (χ2n) is 6.63. The van der Waals surface area contributed by atoms with Crippen molar-refractivity contribution in [1.82, 2.24) is 9.29 Å². The van der Waals surface area contributed by atoms with Gasteiger partial charge < -0.3 is 4.74 Å². The van der Waals surface area contributed by atoms with Crippen LogP contribution in [0.2, 0.25) is 0 Å². The molecule has 1 aliphatic rings. The summed E-state index contributed by atoms with van der Waals surface area (Å²) in [6.07, 6.45) is 0. The fourth-order valence-corrected chi connectivity index (χ4v) is 5.25. The first-order valence-corrected chi connectivity index (χ1v) is 11.8. The largest absolute Gasteiger partial charge is 0.379 e. The Morgan fingerprint density at radius 1 is 1.16 bits per heavy atom. The normalized spacial score (nSPS) is 15.4. The molecule has 4 rings (SSSR count). The maximum Gasteiger partial charge on any atom is 0.243 e. The van der Waals surface area contributed by atoms with Gasteiger partial charge in [-0.3, -0.25) is 5.43 Å². The van der Waals surface area contributed by atoms with Gasteiger partial charge in [0.25, 0.3) is 0 Å². The summed E-state index contributed by atoms with van der Waals surface area (Å²) in [6, 6.07) is 18.1. The fraction of sp³-hybridized carbons (Fsp3) is 0.190. The van der Waals surface area contributed by atoms with Gasteiger partial charge in [0, 0.05) is 24.0 Å². The van der Waals surface area contributed by atoms with Crippen molar-refractivity contribution in [3.63, 3.8) is 0 Å². The maximum atomic E-state index is 12.8. The highest BCUT2D eigenvalue weighted by molar-refractivity contribution is 7.89. The van der Waals surface area contributed by atoms with Crippen LogP contribution in [0.15, 0.2) is 70.0 Å². The van der Waals surface area contributed by atoms with E-state index in [2.05, 4.69) is 15.5 Å². The molecule has 2 aromatic carbocycles. The molecule has 31 heavy (non-hydrogen) atoms. The van der Waals surface area contributed by atoms with Gasteiger partial charge in [-0.1, -0.05) is 36.4 Å². The van der Waals surface area contributed by atoms with Crippen molar-refractivity contribution in [3.05, 3.63) is 65.0 Å². The van der Waals surface area contributed by atoms with E-state index >= 15 is 0 Å². The van der Waals surface area contributed by atoms with Crippen molar-refractivity contribution in [2.24, 2.45) is 5.10 Å². The molecule has 8 nitrogen and oxygen atoms in total. The first-order valence-electron chi connectivity index (χ1n) is 9.51. The number of nitrogens with zero attached hydrogens (tertiary/aromatic N) is 4. The second-order valence-corrected chi connectivity index (χ2v) is 9.43. The zero-order chi connectivity index (χ0) is 21.7. The topological polar surface area (TPSA) is 108 Å². The monoisotopic (exact) mass is 453 g/mol. The molecule has 0 aliphatic carbocycles. The molecule has 0 amide bonds. The Morgan fingerprint density at radius 2 is 1.94 bits per heavy atom. The van der Waals surface area contributed by atoms with E-state index in [1.54, 1.807) is 12.1 Å². The minimum Gasteiger partial charge on any atom is -0.379 e. The summed E-state index contributed by atoms with van der Waals surface area (Å²) in [5.41, 5.74) is 5.08. The third-order valence-corrected chi connectivity index (χ3v) is 7.36. The summed E-state index contributed by atoms with van der Waals surface area (Å²) in [5, 5.41) is 16.0. The second kappa shape index (κ2) is 9.36. The maximum absolute atomic E-state index is 12.8. The Kier molecular flexibility index (Phi) is 6.39. The Bertz CT molecular complexity index is 1230. The summed E-state index contributed by atoms with van der Waals surface area (Å²) in [4.78, 5) is 4.65. The Hall–Kier alpha value is -3.10. The zero-order valence-corrected chi connectivity index (χ0v) is 18.1. The molecule has 0 spiro atoms. The van der Waals surface area contributed by atoms with E-state index in [9.17, 15) is 13.7 Å². The fourth-order valence-electron chi connectivity index (χ4n) is 3.03. The van der Waals surface area contributed by atoms with Crippen LogP contribution in [0.4, 0.5) is 5.69 Å². The van der Waals surface area contributed by atoms with E-state index in [1.807, 2.05) is 41.8 Å². The average molecular weight is 454 g/mol. The minimum atomic E-state index is -3.62. The molecule has 10 heteroatoms. The SMILES string of the molecule is N#C/C(=N\Nc1cccc(S(=O)(=O)N2CCOCC2)c1)c1nc(-c2ccccc2)cs1. The number of sulfonamides is 1. The molecule has 2 heterocycles. The van der Waals surface area contributed by atoms with Crippen LogP contribution in [0, 0.1) is 11.3 Å². The molecule has 1 N–H and O–H groups in total. The lowest BCUT2D eigenvalue weighted by molar-refractivity contribution is 0.0730. The molecule has 0 radical (unpaired) electrons. The van der Waals surface area contributed by atoms with Crippen LogP contribution < -0.4 is 5.43 Å². The van der Waals surface area contributed by atoms with Crippen LogP contribution in [0.25, 0.3) is 11.3 Å². The van der Waals surface area contributed by atoms with Gasteiger partial charge in [-0.2, -0.15) is 14.7 Å². The van der Waals surface area contributed by atoms with Gasteiger partial charge in [-0.15, -0.1) is 11.3 Å². The van der Waals surface area contributed by atoms with Crippen molar-refractivity contribution in [2.45, 2.75) is 4.90 Å². The van der Waals surface area contributed by atoms with Crippen molar-refractivity contribution < 1.29 is 13.2 Å². The third-order valence-electron chi connectivity index (χ3n) is 4.62. The molecule has 0 atom stereocenters. The summed E-state index contributed by atoms with van der Waals surface area (Å²) in [7, 11) is -3.62. The zero-order valence-electron chi connectivity index (χ0n) is 16.4. The standard InChI is InChI=1S/C21H19N5O3S2/c22-14-19(21-23-20(15-30-21)16-5-2-1-3-6-16)25-24-17-7-4-8-18(13-17)31(27,28)26-9-11-29-12-10-26/h1-8,13,15,24H,9-12H2/b25-19+. The molecule has 1 aliphatic heterocycles. The highest BCUT2D eigenvalue weighted by atomic mass is 32.2. The van der Waals surface area contributed by atoms with Crippen molar-refractivity contribution >= 4 is 32.8 Å². The van der Waals surface area contributed by atoms with E-state index in [1.165, 1.54) is 27.8 Å². The van der Waals surface area contributed by atoms with Crippen LogP contribution in [0.3, 0.4) is 0 Å². The molecule has 1 aromatic heterocycles. The lowest BCUT2D eigenvalue weighted by Crippen LogP contribution is -2.40. The van der Waals surface area contributed by atoms with Crippen molar-refractivity contribution in [2.75, 3.05) is 31.7 Å². The highest BCUT2D eigenvalue weighted by Crippen LogP contribution is 2.23. The molecular weight excluding hydrogens is 434 g/mol. The molecule has 1 saturated heterocycles. The number of benzene rings is 2. The van der Waals surface area contributed by atoms with E-state index in [4.69, 9.17) is 4.74 Å². The predicted molar refractivity (Wildman–Crippen MR) is 119 cm³/mol. The number of morpholine rings is 1. The molecule has 0 bridgehead atoms. The summed E-state index contributed by atoms with van der Waals surface area (Å²) in [5.74, 6) is 0. The molecule has 158 valence electrons. The van der Waals surface area contributed by atoms with Gasteiger partial charge in [-0.25, -0.2) is 13.4 Å². The summed E-state index contributed by atoms with van der Waals surface area (Å²) in [6.45, 7) is 1.41.